The predicted molar refractivity (Wildman–Crippen MR) is 108 cm³/mol. The van der Waals surface area contributed by atoms with E-state index in [1.54, 1.807) is 16.7 Å². The molecule has 2 rings (SSSR count). The molecule has 5 nitrogen and oxygen atoms in total. The lowest BCUT2D eigenvalue weighted by atomic mass is 10.1. The second-order valence-electron chi connectivity index (χ2n) is 7.47. The van der Waals surface area contributed by atoms with Crippen molar-refractivity contribution in [3.8, 4) is 0 Å². The van der Waals surface area contributed by atoms with Crippen LogP contribution >= 0.6 is 11.8 Å². The number of thioether (sulfide) groups is 1. The van der Waals surface area contributed by atoms with Gasteiger partial charge in [0.15, 0.2) is 0 Å². The second kappa shape index (κ2) is 8.80. The fourth-order valence-corrected chi connectivity index (χ4v) is 4.42. The predicted octanol–water partition coefficient (Wildman–Crippen LogP) is 3.79. The summed E-state index contributed by atoms with van der Waals surface area (Å²) in [6.07, 6.45) is 0. The Morgan fingerprint density at radius 2 is 2.00 bits per heavy atom. The molecule has 1 saturated heterocycles. The van der Waals surface area contributed by atoms with E-state index in [0.29, 0.717) is 13.1 Å². The molecule has 1 N–H and O–H groups in total. The van der Waals surface area contributed by atoms with Gasteiger partial charge in [0.05, 0.1) is 5.25 Å². The van der Waals surface area contributed by atoms with E-state index < -0.39 is 0 Å². The van der Waals surface area contributed by atoms with Gasteiger partial charge >= 0.3 is 6.03 Å². The van der Waals surface area contributed by atoms with Crippen molar-refractivity contribution in [3.63, 3.8) is 0 Å². The number of benzene rings is 1. The van der Waals surface area contributed by atoms with E-state index in [2.05, 4.69) is 30.4 Å². The Labute approximate surface area is 161 Å². The Kier molecular flexibility index (Phi) is 6.98. The molecule has 2 atom stereocenters. The number of nitrogens with one attached hydrogen (secondary N) is 1. The highest BCUT2D eigenvalue weighted by Crippen LogP contribution is 2.42. The van der Waals surface area contributed by atoms with Gasteiger partial charge in [-0.3, -0.25) is 4.79 Å². The highest BCUT2D eigenvalue weighted by Gasteiger charge is 2.38. The number of aryl methyl sites for hydroxylation is 1. The van der Waals surface area contributed by atoms with Crippen LogP contribution in [0.15, 0.2) is 24.3 Å². The van der Waals surface area contributed by atoms with Gasteiger partial charge in [0.2, 0.25) is 5.91 Å². The second-order valence-corrected chi connectivity index (χ2v) is 8.89. The molecule has 1 aliphatic heterocycles. The van der Waals surface area contributed by atoms with E-state index in [1.807, 2.05) is 45.6 Å². The van der Waals surface area contributed by atoms with Gasteiger partial charge in [0.25, 0.3) is 0 Å². The highest BCUT2D eigenvalue weighted by atomic mass is 32.2. The normalized spacial score (nSPS) is 20.2. The quantitative estimate of drug-likeness (QED) is 0.821. The summed E-state index contributed by atoms with van der Waals surface area (Å²) < 4.78 is 0. The van der Waals surface area contributed by atoms with Gasteiger partial charge in [0, 0.05) is 25.2 Å². The summed E-state index contributed by atoms with van der Waals surface area (Å²) in [4.78, 5) is 28.9. The lowest BCUT2D eigenvalue weighted by Gasteiger charge is -2.31. The lowest BCUT2D eigenvalue weighted by Crippen LogP contribution is -2.49. The monoisotopic (exact) mass is 377 g/mol. The van der Waals surface area contributed by atoms with Crippen LogP contribution in [-0.4, -0.2) is 52.2 Å². The van der Waals surface area contributed by atoms with Gasteiger partial charge in [-0.2, -0.15) is 0 Å². The third-order valence-electron chi connectivity index (χ3n) is 4.45. The molecule has 0 aromatic heterocycles. The van der Waals surface area contributed by atoms with Crippen molar-refractivity contribution in [1.29, 1.82) is 0 Å². The van der Waals surface area contributed by atoms with E-state index in [0.717, 1.165) is 5.56 Å². The Hall–Kier alpha value is -1.69. The topological polar surface area (TPSA) is 52.7 Å². The minimum atomic E-state index is -0.0746. The third kappa shape index (κ3) is 4.93. The Morgan fingerprint density at radius 3 is 2.58 bits per heavy atom. The maximum Gasteiger partial charge on any atom is 0.317 e. The molecule has 1 fully saturated rings. The van der Waals surface area contributed by atoms with E-state index in [-0.39, 0.29) is 34.6 Å². The van der Waals surface area contributed by atoms with Crippen molar-refractivity contribution >= 4 is 23.7 Å². The number of carbonyl (C=O) groups is 2. The molecule has 26 heavy (non-hydrogen) atoms. The van der Waals surface area contributed by atoms with Crippen molar-refractivity contribution < 1.29 is 9.59 Å². The molecule has 144 valence electrons. The van der Waals surface area contributed by atoms with Crippen molar-refractivity contribution in [2.24, 2.45) is 0 Å². The van der Waals surface area contributed by atoms with Crippen LogP contribution in [0.25, 0.3) is 0 Å². The smallest absolute Gasteiger partial charge is 0.317 e. The number of carbonyl (C=O) groups excluding carboxylic acids is 2. The summed E-state index contributed by atoms with van der Waals surface area (Å²) in [7, 11) is 0. The summed E-state index contributed by atoms with van der Waals surface area (Å²) in [5.41, 5.74) is 2.34. The number of hydrogen-bond donors (Lipinski definition) is 1. The molecular formula is C20H31N3O2S. The van der Waals surface area contributed by atoms with Crippen LogP contribution in [0.2, 0.25) is 0 Å². The molecule has 6 heteroatoms. The van der Waals surface area contributed by atoms with Gasteiger partial charge < -0.3 is 15.1 Å². The van der Waals surface area contributed by atoms with Crippen LogP contribution in [0.5, 0.6) is 0 Å². The zero-order valence-electron chi connectivity index (χ0n) is 16.7. The molecule has 1 aromatic carbocycles. The van der Waals surface area contributed by atoms with E-state index >= 15 is 0 Å². The average Bonchev–Trinajstić information content (AvgIpc) is 2.82. The number of amides is 3. The largest absolute Gasteiger partial charge is 0.336 e. The van der Waals surface area contributed by atoms with Crippen molar-refractivity contribution in [2.45, 2.75) is 64.2 Å². The minimum Gasteiger partial charge on any atom is -0.336 e. The molecular weight excluding hydrogens is 346 g/mol. The van der Waals surface area contributed by atoms with E-state index in [9.17, 15) is 9.59 Å². The Morgan fingerprint density at radius 1 is 1.31 bits per heavy atom. The first-order chi connectivity index (χ1) is 12.2. The fourth-order valence-electron chi connectivity index (χ4n) is 3.12. The van der Waals surface area contributed by atoms with Gasteiger partial charge in [-0.15, -0.1) is 11.8 Å². The highest BCUT2D eigenvalue weighted by molar-refractivity contribution is 8.01. The molecule has 0 radical (unpaired) electrons. The van der Waals surface area contributed by atoms with Crippen LogP contribution in [0.1, 0.15) is 51.1 Å². The zero-order valence-corrected chi connectivity index (χ0v) is 17.5. The zero-order chi connectivity index (χ0) is 19.4. The molecule has 1 heterocycles. The van der Waals surface area contributed by atoms with E-state index in [1.165, 1.54) is 5.56 Å². The molecule has 0 bridgehead atoms. The number of hydrogen-bond acceptors (Lipinski definition) is 3. The molecule has 1 aromatic rings. The molecule has 0 spiro atoms. The number of urea groups is 1. The Balaban J connectivity index is 2.13. The van der Waals surface area contributed by atoms with Crippen LogP contribution < -0.4 is 5.32 Å². The summed E-state index contributed by atoms with van der Waals surface area (Å²) in [6.45, 7) is 13.0. The van der Waals surface area contributed by atoms with Crippen molar-refractivity contribution in [1.82, 2.24) is 15.1 Å². The Bertz CT molecular complexity index is 648. The van der Waals surface area contributed by atoms with Crippen molar-refractivity contribution in [2.75, 3.05) is 13.1 Å². The van der Waals surface area contributed by atoms with E-state index in [4.69, 9.17) is 0 Å². The summed E-state index contributed by atoms with van der Waals surface area (Å²) in [5, 5.41) is 2.90. The molecule has 1 aliphatic rings. The van der Waals surface area contributed by atoms with Crippen LogP contribution in [0.4, 0.5) is 4.79 Å². The van der Waals surface area contributed by atoms with Crippen LogP contribution in [-0.2, 0) is 4.79 Å². The standard InChI is InChI=1S/C20H31N3O2S/c1-13(2)21-20(25)22(14(3)4)10-11-23-18(24)16(6)26-19(23)17-9-7-8-15(5)12-17/h7-9,12-14,16,19H,10-11H2,1-6H3,(H,21,25)/t16-,19-/m1/s1. The minimum absolute atomic E-state index is 0.0135. The molecule has 3 amide bonds. The summed E-state index contributed by atoms with van der Waals surface area (Å²) in [6, 6.07) is 8.41. The van der Waals surface area contributed by atoms with Crippen LogP contribution in [0.3, 0.4) is 0 Å². The van der Waals surface area contributed by atoms with Crippen LogP contribution in [0, 0.1) is 6.92 Å². The number of nitrogens with zero attached hydrogens (tertiary/aromatic N) is 2. The molecule has 0 unspecified atom stereocenters. The maximum atomic E-state index is 12.7. The van der Waals surface area contributed by atoms with Gasteiger partial charge in [-0.05, 0) is 47.1 Å². The maximum absolute atomic E-state index is 12.7. The first kappa shape index (κ1) is 20.6. The lowest BCUT2D eigenvalue weighted by molar-refractivity contribution is -0.130. The SMILES string of the molecule is Cc1cccc([C@H]2S[C@H](C)C(=O)N2CCN(C(=O)NC(C)C)C(C)C)c1. The first-order valence-electron chi connectivity index (χ1n) is 9.30. The van der Waals surface area contributed by atoms with Gasteiger partial charge in [0.1, 0.15) is 5.37 Å². The number of rotatable bonds is 6. The van der Waals surface area contributed by atoms with Crippen molar-refractivity contribution in [3.05, 3.63) is 35.4 Å². The van der Waals surface area contributed by atoms with Gasteiger partial charge in [-0.1, -0.05) is 29.8 Å². The summed E-state index contributed by atoms with van der Waals surface area (Å²) in [5.74, 6) is 0.148. The average molecular weight is 378 g/mol. The fraction of sp³-hybridized carbons (Fsp3) is 0.600. The third-order valence-corrected chi connectivity index (χ3v) is 5.85. The summed E-state index contributed by atoms with van der Waals surface area (Å²) >= 11 is 1.68. The first-order valence-corrected chi connectivity index (χ1v) is 10.2. The molecule has 0 aliphatic carbocycles. The van der Waals surface area contributed by atoms with Gasteiger partial charge in [-0.25, -0.2) is 4.79 Å². The molecule has 0 saturated carbocycles.